The van der Waals surface area contributed by atoms with Crippen molar-refractivity contribution in [2.45, 2.75) is 64.2 Å². The predicted molar refractivity (Wildman–Crippen MR) is 93.5 cm³/mol. The number of hydrogen-bond donors (Lipinski definition) is 2. The fourth-order valence-electron chi connectivity index (χ4n) is 3.12. The largest absolute Gasteiger partial charge is 0.365 e. The summed E-state index contributed by atoms with van der Waals surface area (Å²) in [6.07, 6.45) is 6.89. The summed E-state index contributed by atoms with van der Waals surface area (Å²) in [6.45, 7) is 2.31. The minimum atomic E-state index is -0.415. The van der Waals surface area contributed by atoms with Crippen molar-refractivity contribution in [1.82, 2.24) is 25.9 Å². The Morgan fingerprint density at radius 1 is 1.24 bits per heavy atom. The summed E-state index contributed by atoms with van der Waals surface area (Å²) >= 11 is 0. The Morgan fingerprint density at radius 2 is 1.96 bits per heavy atom. The number of rotatable bonds is 6. The Labute approximate surface area is 147 Å². The molecule has 7 nitrogen and oxygen atoms in total. The number of carbonyl (C=O) groups excluding carboxylic acids is 1. The lowest BCUT2D eigenvalue weighted by molar-refractivity contribution is -0.136. The lowest BCUT2D eigenvalue weighted by Crippen LogP contribution is -2.36. The molecular formula is C18H25N5O2. The van der Waals surface area contributed by atoms with E-state index in [0.717, 1.165) is 24.0 Å². The molecule has 1 unspecified atom stereocenters. The molecular weight excluding hydrogens is 318 g/mol. The third-order valence-corrected chi connectivity index (χ3v) is 4.59. The number of nitrogens with zero attached hydrogens (tertiary/aromatic N) is 3. The van der Waals surface area contributed by atoms with Crippen molar-refractivity contribution < 1.29 is 9.53 Å². The molecule has 25 heavy (non-hydrogen) atoms. The Morgan fingerprint density at radius 3 is 2.60 bits per heavy atom. The number of aromatic amines is 1. The van der Waals surface area contributed by atoms with Gasteiger partial charge in [-0.3, -0.25) is 4.79 Å². The van der Waals surface area contributed by atoms with Crippen LogP contribution in [0.25, 0.3) is 11.4 Å². The van der Waals surface area contributed by atoms with Crippen LogP contribution in [0, 0.1) is 0 Å². The van der Waals surface area contributed by atoms with E-state index in [1.807, 2.05) is 31.2 Å². The zero-order chi connectivity index (χ0) is 17.5. The summed E-state index contributed by atoms with van der Waals surface area (Å²) < 4.78 is 5.95. The third-order valence-electron chi connectivity index (χ3n) is 4.59. The SMILES string of the molecule is CC(OC1CCCCCC1)C(=O)NCc1ccc(-c2nn[nH]n2)cc1. The van der Waals surface area contributed by atoms with Gasteiger partial charge in [0.05, 0.1) is 6.10 Å². The molecule has 3 rings (SSSR count). The summed E-state index contributed by atoms with van der Waals surface area (Å²) in [5.74, 6) is 0.493. The number of amides is 1. The molecule has 134 valence electrons. The number of benzene rings is 1. The second kappa shape index (κ2) is 8.71. The standard InChI is InChI=1S/C18H25N5O2/c1-13(25-16-6-4-2-3-5-7-16)18(24)19-12-14-8-10-15(11-9-14)17-20-22-23-21-17/h8-11,13,16H,2-7,12H2,1H3,(H,19,24)(H,20,21,22,23). The molecule has 0 spiro atoms. The molecule has 1 saturated carbocycles. The third kappa shape index (κ3) is 5.09. The first-order valence-electron chi connectivity index (χ1n) is 8.98. The highest BCUT2D eigenvalue weighted by atomic mass is 16.5. The predicted octanol–water partition coefficient (Wildman–Crippen LogP) is 2.61. The Kier molecular flexibility index (Phi) is 6.11. The molecule has 1 fully saturated rings. The van der Waals surface area contributed by atoms with Crippen LogP contribution in [0.3, 0.4) is 0 Å². The van der Waals surface area contributed by atoms with Gasteiger partial charge in [0.1, 0.15) is 6.10 Å². The maximum Gasteiger partial charge on any atom is 0.249 e. The summed E-state index contributed by atoms with van der Waals surface area (Å²) in [6, 6.07) is 7.72. The lowest BCUT2D eigenvalue weighted by Gasteiger charge is -2.20. The second-order valence-electron chi connectivity index (χ2n) is 6.54. The molecule has 1 aliphatic carbocycles. The van der Waals surface area contributed by atoms with Gasteiger partial charge in [-0.25, -0.2) is 0 Å². The fourth-order valence-corrected chi connectivity index (χ4v) is 3.12. The van der Waals surface area contributed by atoms with Crippen LogP contribution in [0.15, 0.2) is 24.3 Å². The number of ether oxygens (including phenoxy) is 1. The molecule has 1 aromatic carbocycles. The highest BCUT2D eigenvalue weighted by Crippen LogP contribution is 2.21. The number of nitrogens with one attached hydrogen (secondary N) is 2. The van der Waals surface area contributed by atoms with E-state index in [-0.39, 0.29) is 12.0 Å². The summed E-state index contributed by atoms with van der Waals surface area (Å²) in [7, 11) is 0. The van der Waals surface area contributed by atoms with Crippen LogP contribution in [-0.4, -0.2) is 38.7 Å². The number of tetrazole rings is 1. The van der Waals surface area contributed by atoms with Gasteiger partial charge in [-0.2, -0.15) is 5.21 Å². The highest BCUT2D eigenvalue weighted by Gasteiger charge is 2.20. The Balaban J connectivity index is 1.46. The fraction of sp³-hybridized carbons (Fsp3) is 0.556. The first-order chi connectivity index (χ1) is 12.2. The Bertz CT molecular complexity index is 649. The molecule has 7 heteroatoms. The van der Waals surface area contributed by atoms with Crippen LogP contribution in [0.2, 0.25) is 0 Å². The van der Waals surface area contributed by atoms with Crippen molar-refractivity contribution in [3.05, 3.63) is 29.8 Å². The van der Waals surface area contributed by atoms with Crippen LogP contribution in [0.5, 0.6) is 0 Å². The molecule has 0 saturated heterocycles. The molecule has 1 atom stereocenters. The smallest absolute Gasteiger partial charge is 0.249 e. The summed E-state index contributed by atoms with van der Waals surface area (Å²) in [5.41, 5.74) is 1.90. The first-order valence-corrected chi connectivity index (χ1v) is 8.98. The van der Waals surface area contributed by atoms with E-state index in [1.165, 1.54) is 25.7 Å². The number of carbonyl (C=O) groups is 1. The van der Waals surface area contributed by atoms with Gasteiger partial charge in [0.25, 0.3) is 0 Å². The summed E-state index contributed by atoms with van der Waals surface area (Å²) in [5, 5.41) is 16.8. The van der Waals surface area contributed by atoms with Gasteiger partial charge >= 0.3 is 0 Å². The topological polar surface area (TPSA) is 92.8 Å². The van der Waals surface area contributed by atoms with Crippen molar-refractivity contribution in [2.24, 2.45) is 0 Å². The van der Waals surface area contributed by atoms with E-state index in [9.17, 15) is 4.79 Å². The van der Waals surface area contributed by atoms with Crippen LogP contribution >= 0.6 is 0 Å². The van der Waals surface area contributed by atoms with E-state index < -0.39 is 6.10 Å². The van der Waals surface area contributed by atoms with E-state index in [1.54, 1.807) is 0 Å². The number of aromatic nitrogens is 4. The van der Waals surface area contributed by atoms with Crippen molar-refractivity contribution in [2.75, 3.05) is 0 Å². The van der Waals surface area contributed by atoms with E-state index >= 15 is 0 Å². The maximum atomic E-state index is 12.3. The lowest BCUT2D eigenvalue weighted by atomic mass is 10.1. The molecule has 0 aliphatic heterocycles. The normalized spacial score (nSPS) is 17.0. The zero-order valence-electron chi connectivity index (χ0n) is 14.6. The van der Waals surface area contributed by atoms with Gasteiger partial charge in [0.15, 0.2) is 0 Å². The summed E-state index contributed by atoms with van der Waals surface area (Å²) in [4.78, 5) is 12.3. The number of hydrogen-bond acceptors (Lipinski definition) is 5. The van der Waals surface area contributed by atoms with Crippen molar-refractivity contribution >= 4 is 5.91 Å². The second-order valence-corrected chi connectivity index (χ2v) is 6.54. The molecule has 1 aliphatic rings. The first kappa shape index (κ1) is 17.5. The van der Waals surface area contributed by atoms with Crippen LogP contribution in [-0.2, 0) is 16.1 Å². The van der Waals surface area contributed by atoms with Crippen molar-refractivity contribution in [1.29, 1.82) is 0 Å². The Hall–Kier alpha value is -2.28. The zero-order valence-corrected chi connectivity index (χ0v) is 14.6. The average molecular weight is 343 g/mol. The molecule has 0 radical (unpaired) electrons. The van der Waals surface area contributed by atoms with Crippen LogP contribution < -0.4 is 5.32 Å². The molecule has 1 heterocycles. The van der Waals surface area contributed by atoms with Gasteiger partial charge in [0.2, 0.25) is 11.7 Å². The van der Waals surface area contributed by atoms with Gasteiger partial charge in [-0.05, 0) is 30.5 Å². The van der Waals surface area contributed by atoms with E-state index in [4.69, 9.17) is 4.74 Å². The minimum absolute atomic E-state index is 0.0634. The average Bonchev–Trinajstić information content (AvgIpc) is 3.05. The maximum absolute atomic E-state index is 12.3. The van der Waals surface area contributed by atoms with Gasteiger partial charge < -0.3 is 10.1 Å². The van der Waals surface area contributed by atoms with Crippen LogP contribution in [0.1, 0.15) is 51.0 Å². The van der Waals surface area contributed by atoms with Gasteiger partial charge in [0, 0.05) is 12.1 Å². The molecule has 0 bridgehead atoms. The quantitative estimate of drug-likeness (QED) is 0.787. The highest BCUT2D eigenvalue weighted by molar-refractivity contribution is 5.80. The van der Waals surface area contributed by atoms with Gasteiger partial charge in [-0.1, -0.05) is 49.9 Å². The molecule has 1 amide bonds. The van der Waals surface area contributed by atoms with Crippen LogP contribution in [0.4, 0.5) is 0 Å². The van der Waals surface area contributed by atoms with E-state index in [2.05, 4.69) is 25.9 Å². The number of H-pyrrole nitrogens is 1. The monoisotopic (exact) mass is 343 g/mol. The van der Waals surface area contributed by atoms with Crippen molar-refractivity contribution in [3.8, 4) is 11.4 Å². The molecule has 1 aromatic heterocycles. The molecule has 2 aromatic rings. The minimum Gasteiger partial charge on any atom is -0.365 e. The molecule has 2 N–H and O–H groups in total. The van der Waals surface area contributed by atoms with E-state index in [0.29, 0.717) is 12.4 Å². The van der Waals surface area contributed by atoms with Gasteiger partial charge in [-0.15, -0.1) is 10.2 Å². The van der Waals surface area contributed by atoms with Crippen molar-refractivity contribution in [3.63, 3.8) is 0 Å².